The van der Waals surface area contributed by atoms with Gasteiger partial charge in [-0.05, 0) is 117 Å². The first kappa shape index (κ1) is 41.2. The molecule has 316 valence electrons. The van der Waals surface area contributed by atoms with Crippen LogP contribution in [-0.4, -0.2) is 150 Å². The maximum Gasteiger partial charge on any atom is 0.186 e. The number of fused-ring (bicyclic) bond motifs is 2. The molecule has 17 unspecified atom stereocenters. The number of hydrogen-bond acceptors (Lipinski definition) is 14. The molecule has 0 aromatic rings. The monoisotopic (exact) mass is 784 g/mol. The quantitative estimate of drug-likeness (QED) is 0.162. The number of rotatable bonds is 7. The first-order valence-corrected chi connectivity index (χ1v) is 20.9. The Kier molecular flexibility index (Phi) is 9.90. The van der Waals surface area contributed by atoms with Gasteiger partial charge in [0.1, 0.15) is 42.7 Å². The average Bonchev–Trinajstić information content (AvgIpc) is 3.47. The third kappa shape index (κ3) is 5.70. The van der Waals surface area contributed by atoms with E-state index in [-0.39, 0.29) is 52.1 Å². The Morgan fingerprint density at radius 1 is 0.709 bits per heavy atom. The van der Waals surface area contributed by atoms with Crippen molar-refractivity contribution in [2.45, 2.75) is 197 Å². The minimum absolute atomic E-state index is 0.0633. The molecular weight excluding hydrogens is 716 g/mol. The standard InChI is InChI=1S/C41H68O14/c1-35(2)24(54-33-29(48)26(45)20(44)17-51-33)9-11-41-18-40(41)13-12-37(5)31(39(7)10-8-25(55-39)36(3,4)50)19(43)15-38(37,6)23(40)14-21(32(35)41)52-34-30(49)28(47)27(46)22(16-42)53-34/h19-34,42-50H,8-18H2,1-7H3/t19?,20?,21?,22?,23?,24?,25?,26?,27?,28?,29?,30?,31?,32?,33?,34?,37-,38+,39-,40?,41-/m1/s1. The van der Waals surface area contributed by atoms with E-state index in [4.69, 9.17) is 23.7 Å². The lowest BCUT2D eigenvalue weighted by Gasteiger charge is -2.65. The van der Waals surface area contributed by atoms with Crippen molar-refractivity contribution in [2.24, 2.45) is 44.8 Å². The van der Waals surface area contributed by atoms with Gasteiger partial charge in [-0.2, -0.15) is 0 Å². The number of aliphatic hydroxyl groups excluding tert-OH is 8. The molecule has 5 aliphatic carbocycles. The molecule has 5 saturated carbocycles. The maximum absolute atomic E-state index is 12.2. The van der Waals surface area contributed by atoms with E-state index in [0.29, 0.717) is 25.7 Å². The summed E-state index contributed by atoms with van der Waals surface area (Å²) in [5, 5.41) is 97.2. The molecule has 8 aliphatic rings. The van der Waals surface area contributed by atoms with E-state index in [1.54, 1.807) is 13.8 Å². The summed E-state index contributed by atoms with van der Waals surface area (Å²) in [5.41, 5.74) is -3.16. The van der Waals surface area contributed by atoms with Gasteiger partial charge in [0.05, 0.1) is 48.8 Å². The molecule has 0 aromatic carbocycles. The Hall–Kier alpha value is -0.560. The second kappa shape index (κ2) is 13.2. The van der Waals surface area contributed by atoms with Gasteiger partial charge < -0.3 is 69.6 Å². The first-order valence-electron chi connectivity index (χ1n) is 20.9. The van der Waals surface area contributed by atoms with Crippen molar-refractivity contribution >= 4 is 0 Å². The molecule has 8 rings (SSSR count). The highest BCUT2D eigenvalue weighted by Gasteiger charge is 2.85. The molecule has 3 heterocycles. The lowest BCUT2D eigenvalue weighted by atomic mass is 9.41. The molecule has 14 nitrogen and oxygen atoms in total. The van der Waals surface area contributed by atoms with Gasteiger partial charge in [0.25, 0.3) is 0 Å². The van der Waals surface area contributed by atoms with Crippen LogP contribution in [0.25, 0.3) is 0 Å². The number of hydrogen-bond donors (Lipinski definition) is 9. The van der Waals surface area contributed by atoms with Crippen LogP contribution in [0.2, 0.25) is 0 Å². The molecule has 3 saturated heterocycles. The predicted octanol–water partition coefficient (Wildman–Crippen LogP) is 0.724. The Bertz CT molecular complexity index is 1460. The summed E-state index contributed by atoms with van der Waals surface area (Å²) in [5.74, 6) is -0.215. The minimum atomic E-state index is -1.60. The van der Waals surface area contributed by atoms with Crippen LogP contribution >= 0.6 is 0 Å². The smallest absolute Gasteiger partial charge is 0.186 e. The molecule has 0 radical (unpaired) electrons. The lowest BCUT2D eigenvalue weighted by molar-refractivity contribution is -0.339. The number of ether oxygens (including phenoxy) is 5. The van der Waals surface area contributed by atoms with Crippen LogP contribution in [0, 0.1) is 44.8 Å². The van der Waals surface area contributed by atoms with Gasteiger partial charge in [-0.15, -0.1) is 0 Å². The van der Waals surface area contributed by atoms with E-state index >= 15 is 0 Å². The minimum Gasteiger partial charge on any atom is -0.394 e. The largest absolute Gasteiger partial charge is 0.394 e. The Morgan fingerprint density at radius 2 is 1.40 bits per heavy atom. The van der Waals surface area contributed by atoms with Gasteiger partial charge in [0.15, 0.2) is 12.6 Å². The van der Waals surface area contributed by atoms with Crippen molar-refractivity contribution in [1.82, 2.24) is 0 Å². The highest BCUT2D eigenvalue weighted by Crippen LogP contribution is 2.89. The molecule has 0 aromatic heterocycles. The maximum atomic E-state index is 12.2. The number of aliphatic hydroxyl groups is 9. The molecule has 55 heavy (non-hydrogen) atoms. The van der Waals surface area contributed by atoms with E-state index < -0.39 is 96.8 Å². The average molecular weight is 785 g/mol. The van der Waals surface area contributed by atoms with Crippen LogP contribution in [0.3, 0.4) is 0 Å². The lowest BCUT2D eigenvalue weighted by Crippen LogP contribution is -2.65. The third-order valence-electron chi connectivity index (χ3n) is 17.6. The van der Waals surface area contributed by atoms with Gasteiger partial charge in [-0.1, -0.05) is 27.7 Å². The summed E-state index contributed by atoms with van der Waals surface area (Å²) in [7, 11) is 0. The molecule has 2 spiro atoms. The van der Waals surface area contributed by atoms with E-state index in [2.05, 4.69) is 34.6 Å². The van der Waals surface area contributed by atoms with Crippen molar-refractivity contribution in [3.63, 3.8) is 0 Å². The van der Waals surface area contributed by atoms with E-state index in [1.165, 1.54) is 0 Å². The zero-order chi connectivity index (χ0) is 40.1. The second-order valence-electron chi connectivity index (χ2n) is 21.1. The topological polar surface area (TPSA) is 228 Å². The van der Waals surface area contributed by atoms with E-state index in [1.807, 2.05) is 0 Å². The summed E-state index contributed by atoms with van der Waals surface area (Å²) in [6, 6.07) is 0. The SMILES string of the molecule is CC(C)(O)C1CC[C@](C)(C2C(O)C[C@@]3(C)C4CC(OC5OC(CO)C(O)C(O)C5O)C5C(C)(C)C(OC6OCC(O)C(O)C6O)CC[C@@]56CC46CC[C@]23C)O1. The Labute approximate surface area is 324 Å². The zero-order valence-electron chi connectivity index (χ0n) is 33.6. The molecule has 9 N–H and O–H groups in total. The molecule has 21 atom stereocenters. The summed E-state index contributed by atoms with van der Waals surface area (Å²) >= 11 is 0. The third-order valence-corrected chi connectivity index (χ3v) is 17.6. The fraction of sp³-hybridized carbons (Fsp3) is 1.00. The van der Waals surface area contributed by atoms with Crippen molar-refractivity contribution < 1.29 is 69.6 Å². The van der Waals surface area contributed by atoms with E-state index in [9.17, 15) is 46.0 Å². The highest BCUT2D eigenvalue weighted by atomic mass is 16.7. The Balaban J connectivity index is 1.15. The van der Waals surface area contributed by atoms with Crippen molar-refractivity contribution in [3.8, 4) is 0 Å². The van der Waals surface area contributed by atoms with Crippen LogP contribution in [0.15, 0.2) is 0 Å². The second-order valence-corrected chi connectivity index (χ2v) is 21.1. The van der Waals surface area contributed by atoms with Crippen LogP contribution in [0.4, 0.5) is 0 Å². The summed E-state index contributed by atoms with van der Waals surface area (Å²) in [6.45, 7) is 13.8. The first-order chi connectivity index (χ1) is 25.5. The van der Waals surface area contributed by atoms with Crippen LogP contribution in [-0.2, 0) is 23.7 Å². The van der Waals surface area contributed by atoms with Gasteiger partial charge in [0, 0.05) is 5.92 Å². The van der Waals surface area contributed by atoms with Crippen molar-refractivity contribution in [1.29, 1.82) is 0 Å². The normalized spacial score (nSPS) is 58.7. The van der Waals surface area contributed by atoms with Gasteiger partial charge >= 0.3 is 0 Å². The van der Waals surface area contributed by atoms with Crippen molar-refractivity contribution in [3.05, 3.63) is 0 Å². The van der Waals surface area contributed by atoms with Gasteiger partial charge in [0.2, 0.25) is 0 Å². The molecule has 0 bridgehead atoms. The van der Waals surface area contributed by atoms with Crippen LogP contribution < -0.4 is 0 Å². The van der Waals surface area contributed by atoms with Gasteiger partial charge in [-0.25, -0.2) is 0 Å². The molecule has 8 fully saturated rings. The van der Waals surface area contributed by atoms with Crippen molar-refractivity contribution in [2.75, 3.05) is 13.2 Å². The summed E-state index contributed by atoms with van der Waals surface area (Å²) in [4.78, 5) is 0. The predicted molar refractivity (Wildman–Crippen MR) is 194 cm³/mol. The zero-order valence-corrected chi connectivity index (χ0v) is 33.6. The molecule has 3 aliphatic heterocycles. The summed E-state index contributed by atoms with van der Waals surface area (Å²) in [6.07, 6.45) is -7.48. The van der Waals surface area contributed by atoms with Crippen LogP contribution in [0.5, 0.6) is 0 Å². The molecule has 0 amide bonds. The summed E-state index contributed by atoms with van der Waals surface area (Å²) < 4.78 is 31.9. The van der Waals surface area contributed by atoms with Gasteiger partial charge in [-0.3, -0.25) is 0 Å². The molecular formula is C41H68O14. The highest BCUT2D eigenvalue weighted by molar-refractivity contribution is 5.33. The van der Waals surface area contributed by atoms with Crippen LogP contribution in [0.1, 0.15) is 106 Å². The molecule has 14 heteroatoms. The van der Waals surface area contributed by atoms with E-state index in [0.717, 1.165) is 32.1 Å². The Morgan fingerprint density at radius 3 is 2.05 bits per heavy atom. The fourth-order valence-electron chi connectivity index (χ4n) is 14.9. The fourth-order valence-corrected chi connectivity index (χ4v) is 14.9.